The minimum Gasteiger partial charge on any atom is -0.466 e. The molecule has 3 saturated heterocycles. The molecule has 0 aromatic rings. The van der Waals surface area contributed by atoms with Gasteiger partial charge in [-0.15, -0.1) is 0 Å². The van der Waals surface area contributed by atoms with Crippen LogP contribution in [0.4, 0.5) is 0 Å². The number of carbonyl (C=O) groups excluding carboxylic acids is 3. The molecule has 3 heterocycles. The van der Waals surface area contributed by atoms with Crippen LogP contribution in [0.3, 0.4) is 0 Å². The molecule has 3 aliphatic rings. The molecule has 0 radical (unpaired) electrons. The van der Waals surface area contributed by atoms with Gasteiger partial charge in [0.05, 0.1) is 24.5 Å². The first-order valence-corrected chi connectivity index (χ1v) is 11.0. The normalized spacial score (nSPS) is 33.7. The molecule has 29 heavy (non-hydrogen) atoms. The summed E-state index contributed by atoms with van der Waals surface area (Å²) in [5, 5.41) is 12.2. The highest BCUT2D eigenvalue weighted by Crippen LogP contribution is 2.58. The molecule has 1 unspecified atom stereocenters. The Morgan fingerprint density at radius 1 is 1.38 bits per heavy atom. The first kappa shape index (κ1) is 22.0. The Morgan fingerprint density at radius 2 is 2.14 bits per heavy atom. The van der Waals surface area contributed by atoms with E-state index in [9.17, 15) is 14.4 Å². The van der Waals surface area contributed by atoms with E-state index in [-0.39, 0.29) is 37.2 Å². The number of amides is 2. The molecule has 8 nitrogen and oxygen atoms in total. The van der Waals surface area contributed by atoms with Gasteiger partial charge in [-0.1, -0.05) is 13.3 Å². The highest BCUT2D eigenvalue weighted by atomic mass is 16.6. The number of ether oxygens (including phenoxy) is 2. The van der Waals surface area contributed by atoms with E-state index in [1.54, 1.807) is 11.8 Å². The molecule has 0 aromatic heterocycles. The number of nitrogens with one attached hydrogen (secondary N) is 1. The Kier molecular flexibility index (Phi) is 6.83. The minimum absolute atomic E-state index is 0.00296. The molecule has 3 rings (SSSR count). The lowest BCUT2D eigenvalue weighted by molar-refractivity contribution is -0.154. The fraction of sp³-hybridized carbons (Fsp3) is 0.857. The molecule has 2 amide bonds. The molecule has 6 atom stereocenters. The van der Waals surface area contributed by atoms with Crippen molar-refractivity contribution in [2.45, 2.75) is 83.1 Å². The lowest BCUT2D eigenvalue weighted by Gasteiger charge is -2.34. The summed E-state index contributed by atoms with van der Waals surface area (Å²) in [4.78, 5) is 40.9. The number of esters is 1. The van der Waals surface area contributed by atoms with Crippen molar-refractivity contribution >= 4 is 17.8 Å². The number of unbranched alkanes of at least 4 members (excludes halogenated alkanes) is 1. The molecule has 2 N–H and O–H groups in total. The van der Waals surface area contributed by atoms with Gasteiger partial charge in [-0.2, -0.15) is 0 Å². The summed E-state index contributed by atoms with van der Waals surface area (Å²) in [5.41, 5.74) is -0.964. The maximum atomic E-state index is 13.4. The topological polar surface area (TPSA) is 105 Å². The standard InChI is InChI=1S/C21H34N2O6/c1-4-8-13(3)22-18(25)17-21-10-9-14(29-21)15(20(27)28-5-2)16(21)19(26)23(17)11-6-7-12-24/h13-17,24H,4-12H2,1-3H3,(H,22,25)/t13?,14-,15+,16+,17-,21+/m0/s1. The number of hydrogen-bond acceptors (Lipinski definition) is 6. The van der Waals surface area contributed by atoms with Crippen LogP contribution in [0.5, 0.6) is 0 Å². The predicted molar refractivity (Wildman–Crippen MR) is 105 cm³/mol. The van der Waals surface area contributed by atoms with Crippen LogP contribution in [0.25, 0.3) is 0 Å². The molecule has 0 saturated carbocycles. The Labute approximate surface area is 172 Å². The number of nitrogens with zero attached hydrogens (tertiary/aromatic N) is 1. The summed E-state index contributed by atoms with van der Waals surface area (Å²) < 4.78 is 11.5. The summed E-state index contributed by atoms with van der Waals surface area (Å²) in [5.74, 6) is -2.15. The first-order chi connectivity index (χ1) is 13.9. The first-order valence-electron chi connectivity index (χ1n) is 11.0. The van der Waals surface area contributed by atoms with Crippen molar-refractivity contribution in [1.29, 1.82) is 0 Å². The highest BCUT2D eigenvalue weighted by molar-refractivity contribution is 5.98. The lowest BCUT2D eigenvalue weighted by Crippen LogP contribution is -2.56. The van der Waals surface area contributed by atoms with Crippen LogP contribution in [-0.2, 0) is 23.9 Å². The van der Waals surface area contributed by atoms with E-state index < -0.39 is 29.4 Å². The largest absolute Gasteiger partial charge is 0.466 e. The number of aliphatic hydroxyl groups excluding tert-OH is 1. The SMILES string of the molecule is CCCC(C)NC(=O)[C@@H]1N(CCCCO)C(=O)[C@H]2[C@H](C(=O)OCC)[C@@H]3CC[C@]12O3. The molecule has 3 fully saturated rings. The van der Waals surface area contributed by atoms with E-state index in [1.165, 1.54) is 0 Å². The Balaban J connectivity index is 1.90. The van der Waals surface area contributed by atoms with Gasteiger partial charge < -0.3 is 24.8 Å². The van der Waals surface area contributed by atoms with Gasteiger partial charge in [-0.05, 0) is 46.0 Å². The monoisotopic (exact) mass is 410 g/mol. The zero-order valence-corrected chi connectivity index (χ0v) is 17.7. The van der Waals surface area contributed by atoms with Crippen molar-refractivity contribution in [3.8, 4) is 0 Å². The number of hydrogen-bond donors (Lipinski definition) is 2. The summed E-state index contributed by atoms with van der Waals surface area (Å²) in [7, 11) is 0. The maximum Gasteiger partial charge on any atom is 0.312 e. The molecule has 164 valence electrons. The highest BCUT2D eigenvalue weighted by Gasteiger charge is 2.74. The second-order valence-electron chi connectivity index (χ2n) is 8.47. The average molecular weight is 411 g/mol. The number of aliphatic hydroxyl groups is 1. The van der Waals surface area contributed by atoms with Crippen molar-refractivity contribution in [1.82, 2.24) is 10.2 Å². The fourth-order valence-electron chi connectivity index (χ4n) is 5.42. The number of carbonyl (C=O) groups is 3. The molecule has 3 aliphatic heterocycles. The van der Waals surface area contributed by atoms with Gasteiger partial charge >= 0.3 is 5.97 Å². The summed E-state index contributed by atoms with van der Waals surface area (Å²) in [6.07, 6.45) is 3.79. The third-order valence-electron chi connectivity index (χ3n) is 6.52. The van der Waals surface area contributed by atoms with Crippen LogP contribution in [0.1, 0.15) is 59.3 Å². The molecule has 8 heteroatoms. The smallest absolute Gasteiger partial charge is 0.312 e. The fourth-order valence-corrected chi connectivity index (χ4v) is 5.42. The number of fused-ring (bicyclic) bond motifs is 1. The summed E-state index contributed by atoms with van der Waals surface area (Å²) in [6, 6.07) is -0.751. The van der Waals surface area contributed by atoms with Gasteiger partial charge in [0.2, 0.25) is 11.8 Å². The van der Waals surface area contributed by atoms with E-state index in [4.69, 9.17) is 14.6 Å². The Hall–Kier alpha value is -1.67. The van der Waals surface area contributed by atoms with Gasteiger partial charge in [-0.3, -0.25) is 14.4 Å². The Bertz CT molecular complexity index is 641. The van der Waals surface area contributed by atoms with E-state index in [0.29, 0.717) is 32.2 Å². The van der Waals surface area contributed by atoms with Crippen molar-refractivity contribution in [2.75, 3.05) is 19.8 Å². The van der Waals surface area contributed by atoms with E-state index in [2.05, 4.69) is 12.2 Å². The van der Waals surface area contributed by atoms with Crippen LogP contribution in [0, 0.1) is 11.8 Å². The van der Waals surface area contributed by atoms with Gasteiger partial charge in [0.1, 0.15) is 11.6 Å². The zero-order chi connectivity index (χ0) is 21.2. The molecule has 1 spiro atoms. The van der Waals surface area contributed by atoms with E-state index in [1.807, 2.05) is 6.92 Å². The molecule has 2 bridgehead atoms. The average Bonchev–Trinajstić information content (AvgIpc) is 3.30. The zero-order valence-electron chi connectivity index (χ0n) is 17.7. The second kappa shape index (κ2) is 9.00. The predicted octanol–water partition coefficient (Wildman–Crippen LogP) is 1.00. The molecule has 0 aliphatic carbocycles. The number of likely N-dealkylation sites (tertiary alicyclic amines) is 1. The van der Waals surface area contributed by atoms with Gasteiger partial charge in [-0.25, -0.2) is 0 Å². The van der Waals surface area contributed by atoms with Gasteiger partial charge in [0.25, 0.3) is 0 Å². The van der Waals surface area contributed by atoms with Crippen molar-refractivity contribution in [3.63, 3.8) is 0 Å². The van der Waals surface area contributed by atoms with Crippen molar-refractivity contribution in [2.24, 2.45) is 11.8 Å². The summed E-state index contributed by atoms with van der Waals surface area (Å²) in [6.45, 7) is 6.40. The van der Waals surface area contributed by atoms with Gasteiger partial charge in [0, 0.05) is 19.2 Å². The van der Waals surface area contributed by atoms with E-state index in [0.717, 1.165) is 12.8 Å². The van der Waals surface area contributed by atoms with E-state index >= 15 is 0 Å². The minimum atomic E-state index is -0.964. The number of rotatable bonds is 10. The summed E-state index contributed by atoms with van der Waals surface area (Å²) >= 11 is 0. The maximum absolute atomic E-state index is 13.4. The quantitative estimate of drug-likeness (QED) is 0.411. The third-order valence-corrected chi connectivity index (χ3v) is 6.52. The van der Waals surface area contributed by atoms with Crippen molar-refractivity contribution in [3.05, 3.63) is 0 Å². The Morgan fingerprint density at radius 3 is 2.79 bits per heavy atom. The van der Waals surface area contributed by atoms with Crippen LogP contribution < -0.4 is 5.32 Å². The molecular weight excluding hydrogens is 376 g/mol. The molecular formula is C21H34N2O6. The molecule has 0 aromatic carbocycles. The lowest BCUT2D eigenvalue weighted by atomic mass is 9.70. The van der Waals surface area contributed by atoms with Gasteiger partial charge in [0.15, 0.2) is 0 Å². The van der Waals surface area contributed by atoms with Crippen LogP contribution in [-0.4, -0.2) is 71.3 Å². The van der Waals surface area contributed by atoms with Crippen LogP contribution in [0.15, 0.2) is 0 Å². The third kappa shape index (κ3) is 3.77. The van der Waals surface area contributed by atoms with Crippen LogP contribution >= 0.6 is 0 Å². The van der Waals surface area contributed by atoms with Crippen LogP contribution in [0.2, 0.25) is 0 Å². The van der Waals surface area contributed by atoms with Crippen molar-refractivity contribution < 1.29 is 29.0 Å². The second-order valence-corrected chi connectivity index (χ2v) is 8.47.